The summed E-state index contributed by atoms with van der Waals surface area (Å²) in [4.78, 5) is 29.3. The fourth-order valence-electron chi connectivity index (χ4n) is 3.29. The van der Waals surface area contributed by atoms with E-state index in [9.17, 15) is 9.59 Å². The molecule has 4 rings (SSSR count). The molecule has 0 saturated heterocycles. The molecule has 1 aromatic carbocycles. The molecule has 3 aromatic heterocycles. The number of carbonyl (C=O) groups is 2. The molecule has 36 heavy (non-hydrogen) atoms. The van der Waals surface area contributed by atoms with Gasteiger partial charge in [-0.3, -0.25) is 14.5 Å². The molecule has 0 fully saturated rings. The summed E-state index contributed by atoms with van der Waals surface area (Å²) >= 11 is 0. The maximum Gasteiger partial charge on any atom is 0.428 e. The Hall–Kier alpha value is -4.48. The van der Waals surface area contributed by atoms with Crippen molar-refractivity contribution in [2.24, 2.45) is 12.1 Å². The first-order chi connectivity index (χ1) is 16.9. The van der Waals surface area contributed by atoms with E-state index in [1.54, 1.807) is 52.3 Å². The van der Waals surface area contributed by atoms with Crippen LogP contribution >= 0.6 is 0 Å². The third-order valence-electron chi connectivity index (χ3n) is 4.90. The molecule has 0 unspecified atom stereocenters. The average Bonchev–Trinajstić information content (AvgIpc) is 3.27. The second-order valence-electron chi connectivity index (χ2n) is 8.91. The summed E-state index contributed by atoms with van der Waals surface area (Å²) in [7, 11) is 1.68. The van der Waals surface area contributed by atoms with Crippen LogP contribution in [0.5, 0.6) is 0 Å². The standard InChI is InChI=1S/C24H23F2N7O3/c1-23(2,3)36-22(35)30-29-20-10-9-19(16-13-28-32(4)14-16)31-33(20)21(34)24(25,26)17-7-8-18-15(12-17)6-5-11-27-18/h5-14H,1-4H3,(H,30,35)/b29-20+. The van der Waals surface area contributed by atoms with Crippen LogP contribution in [0.2, 0.25) is 0 Å². The first-order valence-electron chi connectivity index (χ1n) is 10.8. The Labute approximate surface area is 204 Å². The molecular weight excluding hydrogens is 472 g/mol. The number of ether oxygens (including phenoxy) is 1. The van der Waals surface area contributed by atoms with Gasteiger partial charge in [-0.25, -0.2) is 10.2 Å². The number of fused-ring (bicyclic) bond motifs is 1. The smallest absolute Gasteiger partial charge is 0.428 e. The van der Waals surface area contributed by atoms with Crippen LogP contribution in [0.1, 0.15) is 31.1 Å². The zero-order chi connectivity index (χ0) is 26.1. The van der Waals surface area contributed by atoms with Gasteiger partial charge >= 0.3 is 17.9 Å². The maximum atomic E-state index is 15.5. The Bertz CT molecular complexity index is 1520. The largest absolute Gasteiger partial charge is 0.443 e. The molecule has 0 bridgehead atoms. The van der Waals surface area contributed by atoms with Crippen molar-refractivity contribution in [3.63, 3.8) is 0 Å². The molecule has 0 atom stereocenters. The van der Waals surface area contributed by atoms with Crippen molar-refractivity contribution in [2.75, 3.05) is 0 Å². The van der Waals surface area contributed by atoms with Gasteiger partial charge in [-0.15, -0.1) is 5.10 Å². The molecule has 4 aromatic rings. The second-order valence-corrected chi connectivity index (χ2v) is 8.91. The number of benzene rings is 1. The number of nitrogens with one attached hydrogen (secondary N) is 1. The lowest BCUT2D eigenvalue weighted by atomic mass is 10.0. The normalized spacial score (nSPS) is 12.6. The Kier molecular flexibility index (Phi) is 6.35. The number of aryl methyl sites for hydroxylation is 1. The minimum atomic E-state index is -3.98. The van der Waals surface area contributed by atoms with Crippen LogP contribution < -0.4 is 10.9 Å². The van der Waals surface area contributed by atoms with Crippen molar-refractivity contribution in [2.45, 2.75) is 32.3 Å². The molecule has 0 spiro atoms. The number of nitrogens with zero attached hydrogens (tertiary/aromatic N) is 6. The van der Waals surface area contributed by atoms with E-state index in [2.05, 4.69) is 25.7 Å². The summed E-state index contributed by atoms with van der Waals surface area (Å²) in [6, 6.07) is 9.72. The summed E-state index contributed by atoms with van der Waals surface area (Å²) in [5.74, 6) is -5.65. The molecule has 0 aliphatic carbocycles. The number of halogens is 2. The zero-order valence-electron chi connectivity index (χ0n) is 19.9. The molecule has 3 heterocycles. The minimum absolute atomic E-state index is 0.200. The molecule has 0 aliphatic heterocycles. The van der Waals surface area contributed by atoms with Gasteiger partial charge in [-0.2, -0.15) is 23.7 Å². The van der Waals surface area contributed by atoms with Crippen LogP contribution in [0, 0.1) is 0 Å². The topological polar surface area (TPSA) is 116 Å². The number of pyridine rings is 1. The van der Waals surface area contributed by atoms with E-state index in [0.29, 0.717) is 21.1 Å². The van der Waals surface area contributed by atoms with Crippen LogP contribution in [0.4, 0.5) is 13.6 Å². The fraction of sp³-hybridized carbons (Fsp3) is 0.250. The highest BCUT2D eigenvalue weighted by Gasteiger charge is 2.43. The van der Waals surface area contributed by atoms with Crippen LogP contribution in [-0.4, -0.2) is 42.1 Å². The van der Waals surface area contributed by atoms with Crippen molar-refractivity contribution in [1.82, 2.24) is 30.0 Å². The lowest BCUT2D eigenvalue weighted by molar-refractivity contribution is -0.00396. The van der Waals surface area contributed by atoms with E-state index in [0.717, 1.165) is 6.07 Å². The number of hydrogen-bond donors (Lipinski definition) is 1. The average molecular weight is 495 g/mol. The number of amides is 1. The van der Waals surface area contributed by atoms with Crippen molar-refractivity contribution >= 4 is 22.9 Å². The number of carbonyl (C=O) groups excluding carboxylic acids is 2. The molecule has 1 N–H and O–H groups in total. The Morgan fingerprint density at radius 1 is 1.11 bits per heavy atom. The van der Waals surface area contributed by atoms with Gasteiger partial charge < -0.3 is 4.74 Å². The van der Waals surface area contributed by atoms with Crippen LogP contribution in [0.25, 0.3) is 22.2 Å². The fourth-order valence-corrected chi connectivity index (χ4v) is 3.29. The Morgan fingerprint density at radius 2 is 1.89 bits per heavy atom. The SMILES string of the molecule is Cn1cc(-c2cc/c(=N\NC(=O)OC(C)(C)C)n(C(=O)C(F)(F)c3ccc4ncccc4c3)n2)cn1. The number of hydrogen-bond acceptors (Lipinski definition) is 7. The highest BCUT2D eigenvalue weighted by atomic mass is 19.3. The minimum Gasteiger partial charge on any atom is -0.443 e. The van der Waals surface area contributed by atoms with E-state index in [-0.39, 0.29) is 11.2 Å². The quantitative estimate of drug-likeness (QED) is 0.433. The Balaban J connectivity index is 1.78. The van der Waals surface area contributed by atoms with Gasteiger partial charge in [0.2, 0.25) is 0 Å². The molecule has 0 saturated carbocycles. The van der Waals surface area contributed by atoms with E-state index >= 15 is 8.78 Å². The predicted molar refractivity (Wildman–Crippen MR) is 126 cm³/mol. The zero-order valence-corrected chi connectivity index (χ0v) is 19.9. The van der Waals surface area contributed by atoms with Gasteiger partial charge in [0.1, 0.15) is 5.60 Å². The van der Waals surface area contributed by atoms with Crippen LogP contribution in [0.3, 0.4) is 0 Å². The highest BCUT2D eigenvalue weighted by molar-refractivity contribution is 5.88. The van der Waals surface area contributed by atoms with E-state index in [1.807, 2.05) is 0 Å². The van der Waals surface area contributed by atoms with Crippen molar-refractivity contribution in [3.8, 4) is 11.3 Å². The third kappa shape index (κ3) is 5.27. The first-order valence-corrected chi connectivity index (χ1v) is 10.8. The molecule has 0 aliphatic rings. The summed E-state index contributed by atoms with van der Waals surface area (Å²) in [6.45, 7) is 4.96. The Morgan fingerprint density at radius 3 is 2.58 bits per heavy atom. The van der Waals surface area contributed by atoms with Gasteiger partial charge in [-0.05, 0) is 51.1 Å². The van der Waals surface area contributed by atoms with E-state index in [4.69, 9.17) is 4.74 Å². The summed E-state index contributed by atoms with van der Waals surface area (Å²) in [6.07, 6.45) is 3.70. The van der Waals surface area contributed by atoms with Gasteiger partial charge in [0.05, 0.1) is 17.4 Å². The molecule has 0 radical (unpaired) electrons. The van der Waals surface area contributed by atoms with E-state index < -0.39 is 29.1 Å². The molecule has 1 amide bonds. The predicted octanol–water partition coefficient (Wildman–Crippen LogP) is 3.60. The monoisotopic (exact) mass is 495 g/mol. The summed E-state index contributed by atoms with van der Waals surface area (Å²) < 4.78 is 38.1. The van der Waals surface area contributed by atoms with Crippen molar-refractivity contribution in [3.05, 3.63) is 72.1 Å². The molecular formula is C24H23F2N7O3. The van der Waals surface area contributed by atoms with Crippen LogP contribution in [-0.2, 0) is 17.7 Å². The maximum absolute atomic E-state index is 15.5. The lowest BCUT2D eigenvalue weighted by Crippen LogP contribution is -2.41. The van der Waals surface area contributed by atoms with Gasteiger partial charge in [0.25, 0.3) is 0 Å². The number of rotatable bonds is 4. The van der Waals surface area contributed by atoms with Gasteiger partial charge in [0.15, 0.2) is 5.49 Å². The van der Waals surface area contributed by atoms with Crippen molar-refractivity contribution in [1.29, 1.82) is 0 Å². The lowest BCUT2D eigenvalue weighted by Gasteiger charge is -2.19. The molecule has 186 valence electrons. The van der Waals surface area contributed by atoms with Gasteiger partial charge in [0, 0.05) is 36.0 Å². The van der Waals surface area contributed by atoms with Crippen LogP contribution in [0.15, 0.2) is 66.2 Å². The third-order valence-corrected chi connectivity index (χ3v) is 4.90. The first kappa shape index (κ1) is 24.6. The second kappa shape index (κ2) is 9.29. The summed E-state index contributed by atoms with van der Waals surface area (Å²) in [5.41, 5.74) is 1.62. The number of aromatic nitrogens is 5. The number of alkyl halides is 2. The molecule has 10 nitrogen and oxygen atoms in total. The van der Waals surface area contributed by atoms with Crippen molar-refractivity contribution < 1.29 is 23.1 Å². The highest BCUT2D eigenvalue weighted by Crippen LogP contribution is 2.31. The molecule has 12 heteroatoms. The summed E-state index contributed by atoms with van der Waals surface area (Å²) in [5, 5.41) is 12.4. The van der Waals surface area contributed by atoms with E-state index in [1.165, 1.54) is 35.1 Å². The van der Waals surface area contributed by atoms with Gasteiger partial charge in [-0.1, -0.05) is 12.1 Å².